The van der Waals surface area contributed by atoms with Gasteiger partial charge < -0.3 is 14.9 Å². The van der Waals surface area contributed by atoms with E-state index < -0.39 is 6.10 Å². The van der Waals surface area contributed by atoms with Gasteiger partial charge in [-0.15, -0.1) is 24.8 Å². The lowest BCUT2D eigenvalue weighted by molar-refractivity contribution is -0.00522. The summed E-state index contributed by atoms with van der Waals surface area (Å²) in [5.41, 5.74) is 1.96. The number of hydrogen-bond donors (Lipinski definition) is 2. The Hall–Kier alpha value is -0.560. The van der Waals surface area contributed by atoms with Crippen molar-refractivity contribution >= 4 is 24.8 Å². The molecule has 32 heavy (non-hydrogen) atoms. The van der Waals surface area contributed by atoms with Crippen molar-refractivity contribution in [2.24, 2.45) is 17.8 Å². The molecule has 0 spiro atoms. The zero-order chi connectivity index (χ0) is 20.6. The summed E-state index contributed by atoms with van der Waals surface area (Å²) >= 11 is 0. The van der Waals surface area contributed by atoms with E-state index in [1.807, 2.05) is 0 Å². The average Bonchev–Trinajstić information content (AvgIpc) is 2.73. The van der Waals surface area contributed by atoms with E-state index in [2.05, 4.69) is 34.1 Å². The van der Waals surface area contributed by atoms with E-state index in [0.29, 0.717) is 18.6 Å². The van der Waals surface area contributed by atoms with Gasteiger partial charge in [-0.05, 0) is 79.4 Å². The molecule has 1 aliphatic heterocycles. The highest BCUT2D eigenvalue weighted by Crippen LogP contribution is 2.60. The maximum atomic E-state index is 10.4. The maximum absolute atomic E-state index is 10.4. The lowest BCUT2D eigenvalue weighted by atomic mass is 9.48. The van der Waals surface area contributed by atoms with Crippen LogP contribution in [0.2, 0.25) is 0 Å². The molecule has 5 nitrogen and oxygen atoms in total. The molecule has 6 rings (SSSR count). The molecule has 1 unspecified atom stereocenters. The molecule has 1 atom stereocenters. The fourth-order valence-electron chi connectivity index (χ4n) is 7.25. The lowest BCUT2D eigenvalue weighted by Gasteiger charge is -2.57. The van der Waals surface area contributed by atoms with Crippen LogP contribution in [0.5, 0.6) is 5.75 Å². The van der Waals surface area contributed by atoms with Gasteiger partial charge in [-0.1, -0.05) is 12.1 Å². The van der Waals surface area contributed by atoms with Gasteiger partial charge in [-0.3, -0.25) is 9.80 Å². The van der Waals surface area contributed by atoms with Crippen molar-refractivity contribution in [3.63, 3.8) is 0 Å². The van der Waals surface area contributed by atoms with Crippen molar-refractivity contribution in [3.8, 4) is 5.75 Å². The second-order valence-corrected chi connectivity index (χ2v) is 10.6. The number of halogens is 2. The first-order chi connectivity index (χ1) is 14.6. The second kappa shape index (κ2) is 11.2. The highest BCUT2D eigenvalue weighted by molar-refractivity contribution is 5.85. The van der Waals surface area contributed by atoms with Gasteiger partial charge in [0.1, 0.15) is 18.5 Å². The van der Waals surface area contributed by atoms with Gasteiger partial charge in [0.2, 0.25) is 0 Å². The van der Waals surface area contributed by atoms with E-state index in [4.69, 9.17) is 9.84 Å². The Morgan fingerprint density at radius 3 is 1.94 bits per heavy atom. The Bertz CT molecular complexity index is 674. The Morgan fingerprint density at radius 2 is 1.41 bits per heavy atom. The summed E-state index contributed by atoms with van der Waals surface area (Å²) in [6.07, 6.45) is 8.15. The standard InChI is InChI=1S/C25H38N2O3.2ClH/c28-10-9-26-5-7-27(8-6-26)17-23(29)18-30-24-3-1-22(2-4-24)25-14-19-11-20(15-25)13-21(12-19)16-25;;/h1-4,19-21,23,28-29H,5-18H2;2*1H. The van der Waals surface area contributed by atoms with Crippen LogP contribution in [0.1, 0.15) is 44.1 Å². The summed E-state index contributed by atoms with van der Waals surface area (Å²) < 4.78 is 5.92. The van der Waals surface area contributed by atoms with Gasteiger partial charge >= 0.3 is 0 Å². The van der Waals surface area contributed by atoms with Crippen molar-refractivity contribution in [2.75, 3.05) is 52.5 Å². The zero-order valence-corrected chi connectivity index (χ0v) is 20.7. The molecule has 1 aromatic rings. The number of aliphatic hydroxyl groups excluding tert-OH is 2. The fourth-order valence-corrected chi connectivity index (χ4v) is 7.25. The summed E-state index contributed by atoms with van der Waals surface area (Å²) in [5, 5.41) is 19.5. The Labute approximate surface area is 205 Å². The third-order valence-electron chi connectivity index (χ3n) is 8.30. The molecule has 1 heterocycles. The minimum Gasteiger partial charge on any atom is -0.491 e. The maximum Gasteiger partial charge on any atom is 0.119 e. The molecule has 1 saturated heterocycles. The Kier molecular flexibility index (Phi) is 9.15. The van der Waals surface area contributed by atoms with Crippen LogP contribution < -0.4 is 4.74 Å². The van der Waals surface area contributed by atoms with E-state index in [1.165, 1.54) is 44.1 Å². The van der Waals surface area contributed by atoms with E-state index >= 15 is 0 Å². The lowest BCUT2D eigenvalue weighted by Crippen LogP contribution is -2.49. The summed E-state index contributed by atoms with van der Waals surface area (Å²) in [7, 11) is 0. The van der Waals surface area contributed by atoms with Crippen molar-refractivity contribution in [1.29, 1.82) is 0 Å². The van der Waals surface area contributed by atoms with Crippen LogP contribution in [-0.4, -0.2) is 78.6 Å². The van der Waals surface area contributed by atoms with E-state index in [-0.39, 0.29) is 31.4 Å². The number of aliphatic hydroxyl groups is 2. The summed E-state index contributed by atoms with van der Waals surface area (Å²) in [6, 6.07) is 8.84. The van der Waals surface area contributed by atoms with Crippen molar-refractivity contribution in [3.05, 3.63) is 29.8 Å². The quantitative estimate of drug-likeness (QED) is 0.589. The molecule has 2 N–H and O–H groups in total. The van der Waals surface area contributed by atoms with Crippen molar-refractivity contribution < 1.29 is 14.9 Å². The molecular formula is C25H40Cl2N2O3. The molecule has 0 aromatic heterocycles. The fraction of sp³-hybridized carbons (Fsp3) is 0.760. The normalized spacial score (nSPS) is 32.8. The molecule has 182 valence electrons. The zero-order valence-electron chi connectivity index (χ0n) is 19.0. The van der Waals surface area contributed by atoms with E-state index in [9.17, 15) is 5.11 Å². The smallest absolute Gasteiger partial charge is 0.119 e. The summed E-state index contributed by atoms with van der Waals surface area (Å²) in [4.78, 5) is 4.56. The van der Waals surface area contributed by atoms with Crippen LogP contribution in [0.4, 0.5) is 0 Å². The van der Waals surface area contributed by atoms with Gasteiger partial charge in [0.05, 0.1) is 6.61 Å². The number of β-amino-alcohol motifs (C(OH)–C–C–N with tert-alkyl or cyclic N) is 2. The van der Waals surface area contributed by atoms with Gasteiger partial charge in [0.25, 0.3) is 0 Å². The van der Waals surface area contributed by atoms with E-state index in [1.54, 1.807) is 0 Å². The van der Waals surface area contributed by atoms with Crippen molar-refractivity contribution in [1.82, 2.24) is 9.80 Å². The number of ether oxygens (including phenoxy) is 1. The number of hydrogen-bond acceptors (Lipinski definition) is 5. The second-order valence-electron chi connectivity index (χ2n) is 10.6. The molecule has 4 bridgehead atoms. The molecule has 7 heteroatoms. The number of benzene rings is 1. The predicted molar refractivity (Wildman–Crippen MR) is 132 cm³/mol. The summed E-state index contributed by atoms with van der Waals surface area (Å²) in [6.45, 7) is 5.76. The van der Waals surface area contributed by atoms with Crippen LogP contribution >= 0.6 is 24.8 Å². The van der Waals surface area contributed by atoms with Crippen LogP contribution in [0.15, 0.2) is 24.3 Å². The monoisotopic (exact) mass is 486 g/mol. The van der Waals surface area contributed by atoms with Gasteiger partial charge in [-0.2, -0.15) is 0 Å². The SMILES string of the molecule is Cl.Cl.OCCN1CCN(CC(O)COc2ccc(C34CC5CC(CC(C5)C3)C4)cc2)CC1. The van der Waals surface area contributed by atoms with Crippen LogP contribution in [0, 0.1) is 17.8 Å². The first-order valence-corrected chi connectivity index (χ1v) is 12.1. The molecule has 1 aromatic carbocycles. The molecule has 0 radical (unpaired) electrons. The molecule has 5 fully saturated rings. The van der Waals surface area contributed by atoms with Crippen LogP contribution in [-0.2, 0) is 5.41 Å². The molecule has 5 aliphatic rings. The minimum atomic E-state index is -0.475. The van der Waals surface area contributed by atoms with Crippen LogP contribution in [0.3, 0.4) is 0 Å². The molecule has 4 aliphatic carbocycles. The van der Waals surface area contributed by atoms with Gasteiger partial charge in [0.15, 0.2) is 0 Å². The Balaban J connectivity index is 0.00000144. The highest BCUT2D eigenvalue weighted by Gasteiger charge is 2.51. The third kappa shape index (κ3) is 5.73. The molecule has 0 amide bonds. The summed E-state index contributed by atoms with van der Waals surface area (Å²) in [5.74, 6) is 3.77. The molecular weight excluding hydrogens is 447 g/mol. The highest BCUT2D eigenvalue weighted by atomic mass is 35.5. The van der Waals surface area contributed by atoms with Crippen LogP contribution in [0.25, 0.3) is 0 Å². The van der Waals surface area contributed by atoms with Gasteiger partial charge in [-0.25, -0.2) is 0 Å². The van der Waals surface area contributed by atoms with E-state index in [0.717, 1.165) is 56.2 Å². The van der Waals surface area contributed by atoms with Crippen molar-refractivity contribution in [2.45, 2.75) is 50.0 Å². The topological polar surface area (TPSA) is 56.2 Å². The number of nitrogens with zero attached hydrogens (tertiary/aromatic N) is 2. The number of piperazine rings is 1. The molecule has 4 saturated carbocycles. The number of rotatable bonds is 8. The third-order valence-corrected chi connectivity index (χ3v) is 8.30. The first kappa shape index (κ1) is 26.1. The largest absolute Gasteiger partial charge is 0.491 e. The first-order valence-electron chi connectivity index (χ1n) is 12.1. The average molecular weight is 488 g/mol. The van der Waals surface area contributed by atoms with Gasteiger partial charge in [0, 0.05) is 39.3 Å². The Morgan fingerprint density at radius 1 is 0.875 bits per heavy atom. The predicted octanol–water partition coefficient (Wildman–Crippen LogP) is 3.35. The minimum absolute atomic E-state index is 0.